The van der Waals surface area contributed by atoms with Gasteiger partial charge in [0, 0.05) is 14.1 Å². The van der Waals surface area contributed by atoms with E-state index >= 15 is 0 Å². The molecule has 2 bridgehead atoms. The first-order valence-electron chi connectivity index (χ1n) is 4.71. The highest BCUT2D eigenvalue weighted by Crippen LogP contribution is 2.48. The fourth-order valence-corrected chi connectivity index (χ4v) is 3.04. The number of hydrogen-bond acceptors (Lipinski definition) is 3. The van der Waals surface area contributed by atoms with Crippen LogP contribution in [0.25, 0.3) is 0 Å². The molecule has 0 spiro atoms. The van der Waals surface area contributed by atoms with E-state index in [4.69, 9.17) is 0 Å². The molecule has 0 aromatic carbocycles. The van der Waals surface area contributed by atoms with Crippen molar-refractivity contribution >= 4 is 23.6 Å². The van der Waals surface area contributed by atoms with E-state index in [0.717, 1.165) is 0 Å². The van der Waals surface area contributed by atoms with Crippen molar-refractivity contribution in [2.45, 2.75) is 31.0 Å². The van der Waals surface area contributed by atoms with Crippen LogP contribution in [0.15, 0.2) is 0 Å². The number of hydrogen-bond donors (Lipinski definition) is 0. The number of amides is 2. The van der Waals surface area contributed by atoms with Crippen LogP contribution >= 0.6 is 11.8 Å². The predicted molar refractivity (Wildman–Crippen MR) is 56.7 cm³/mol. The maximum Gasteiger partial charge on any atom is 0.259 e. The third kappa shape index (κ3) is 1.15. The fourth-order valence-electron chi connectivity index (χ4n) is 1.60. The lowest BCUT2D eigenvalue weighted by Crippen LogP contribution is -2.56. The number of piperazine rings is 1. The normalized spacial score (nSPS) is 34.8. The highest BCUT2D eigenvalue weighted by Gasteiger charge is 2.61. The van der Waals surface area contributed by atoms with Crippen LogP contribution < -0.4 is 0 Å². The van der Waals surface area contributed by atoms with Crippen molar-refractivity contribution in [3.63, 3.8) is 0 Å². The summed E-state index contributed by atoms with van der Waals surface area (Å²) >= 11 is 1.42. The average Bonchev–Trinajstić information content (AvgIpc) is 2.56. The number of likely N-dealkylation sites (N-methyl/N-ethyl adjacent to an activating group) is 2. The smallest absolute Gasteiger partial charge is 0.259 e. The van der Waals surface area contributed by atoms with Gasteiger partial charge in [-0.2, -0.15) is 0 Å². The summed E-state index contributed by atoms with van der Waals surface area (Å²) in [6.45, 7) is 5.79. The van der Waals surface area contributed by atoms with Crippen molar-refractivity contribution in [3.8, 4) is 0 Å². The molecule has 2 fully saturated rings. The molecule has 0 aromatic rings. The van der Waals surface area contributed by atoms with Crippen LogP contribution in [0, 0.1) is 0 Å². The molecule has 0 N–H and O–H groups in total. The quantitative estimate of drug-likeness (QED) is 0.599. The van der Waals surface area contributed by atoms with E-state index in [1.54, 1.807) is 21.0 Å². The molecule has 2 heterocycles. The molecule has 0 aromatic heterocycles. The molecule has 2 aliphatic rings. The molecule has 2 atom stereocenters. The Morgan fingerprint density at radius 1 is 1.29 bits per heavy atom. The van der Waals surface area contributed by atoms with Gasteiger partial charge in [0.05, 0.1) is 0 Å². The minimum atomic E-state index is -0.642. The van der Waals surface area contributed by atoms with Crippen molar-refractivity contribution in [3.05, 3.63) is 0 Å². The number of carbonyl (C=O) groups excluding carboxylic acids is 2. The second kappa shape index (κ2) is 3.46. The summed E-state index contributed by atoms with van der Waals surface area (Å²) in [6, 6.07) is 0. The zero-order chi connectivity index (χ0) is 11.1. The highest BCUT2D eigenvalue weighted by atomic mass is 32.2. The Balaban J connectivity index is 0.000000461. The fraction of sp³-hybridized carbons (Fsp3) is 0.778. The molecule has 14 heavy (non-hydrogen) atoms. The van der Waals surface area contributed by atoms with Crippen LogP contribution in [0.4, 0.5) is 0 Å². The Hall–Kier alpha value is -0.710. The van der Waals surface area contributed by atoms with E-state index in [1.807, 2.05) is 13.8 Å². The molecule has 5 heteroatoms. The van der Waals surface area contributed by atoms with Gasteiger partial charge in [-0.05, 0) is 6.92 Å². The first-order valence-corrected chi connectivity index (χ1v) is 5.59. The van der Waals surface area contributed by atoms with Gasteiger partial charge in [0.2, 0.25) is 0 Å². The second-order valence-electron chi connectivity index (χ2n) is 3.27. The maximum absolute atomic E-state index is 11.6. The number of rotatable bonds is 0. The molecule has 2 unspecified atom stereocenters. The Bertz CT molecular complexity index is 282. The van der Waals surface area contributed by atoms with Gasteiger partial charge < -0.3 is 9.80 Å². The third-order valence-electron chi connectivity index (χ3n) is 2.59. The van der Waals surface area contributed by atoms with Crippen molar-refractivity contribution in [1.82, 2.24) is 9.80 Å². The van der Waals surface area contributed by atoms with Gasteiger partial charge in [-0.15, -0.1) is 0 Å². The number of thioether (sulfide) groups is 1. The van der Waals surface area contributed by atoms with Crippen LogP contribution in [0.3, 0.4) is 0 Å². The standard InChI is InChI=1S/C7H10N2O2S.C2H6/c1-7-6(11)8(2)5(12-7)4(10)9(7)3;1-2/h5H,1-3H3;1-2H3. The van der Waals surface area contributed by atoms with E-state index in [0.29, 0.717) is 0 Å². The number of nitrogens with zero attached hydrogens (tertiary/aromatic N) is 2. The molecular formula is C9H16N2O2S. The summed E-state index contributed by atoms with van der Waals surface area (Å²) in [4.78, 5) is 25.4. The second-order valence-corrected chi connectivity index (χ2v) is 4.74. The Morgan fingerprint density at radius 3 is 2.14 bits per heavy atom. The van der Waals surface area contributed by atoms with E-state index in [2.05, 4.69) is 0 Å². The summed E-state index contributed by atoms with van der Waals surface area (Å²) in [5.41, 5.74) is 0. The average molecular weight is 216 g/mol. The summed E-state index contributed by atoms with van der Waals surface area (Å²) < 4.78 is 0. The van der Waals surface area contributed by atoms with Gasteiger partial charge in [0.1, 0.15) is 0 Å². The van der Waals surface area contributed by atoms with E-state index in [-0.39, 0.29) is 17.2 Å². The molecule has 0 saturated carbocycles. The summed E-state index contributed by atoms with van der Waals surface area (Å²) in [5.74, 6) is 0.0594. The van der Waals surface area contributed by atoms with Crippen molar-refractivity contribution < 1.29 is 9.59 Å². The highest BCUT2D eigenvalue weighted by molar-refractivity contribution is 8.03. The van der Waals surface area contributed by atoms with Gasteiger partial charge in [0.25, 0.3) is 11.8 Å². The molecule has 0 radical (unpaired) electrons. The van der Waals surface area contributed by atoms with Crippen LogP contribution in [0.2, 0.25) is 0 Å². The molecular weight excluding hydrogens is 200 g/mol. The van der Waals surface area contributed by atoms with Crippen molar-refractivity contribution in [2.75, 3.05) is 14.1 Å². The molecule has 2 rings (SSSR count). The molecule has 2 amide bonds. The third-order valence-corrected chi connectivity index (χ3v) is 4.24. The SMILES string of the molecule is CC.CN1C(=O)C2(C)SC1C(=O)N2C. The monoisotopic (exact) mass is 216 g/mol. The van der Waals surface area contributed by atoms with Crippen molar-refractivity contribution in [1.29, 1.82) is 0 Å². The van der Waals surface area contributed by atoms with Crippen LogP contribution in [0.1, 0.15) is 20.8 Å². The van der Waals surface area contributed by atoms with Gasteiger partial charge in [0.15, 0.2) is 10.2 Å². The molecule has 2 aliphatic heterocycles. The summed E-state index contributed by atoms with van der Waals surface area (Å²) in [5, 5.41) is -0.285. The van der Waals surface area contributed by atoms with Crippen LogP contribution in [0.5, 0.6) is 0 Å². The lowest BCUT2D eigenvalue weighted by Gasteiger charge is -2.32. The predicted octanol–water partition coefficient (Wildman–Crippen LogP) is 0.732. The Morgan fingerprint density at radius 2 is 1.79 bits per heavy atom. The number of carbonyl (C=O) groups is 2. The Kier molecular flexibility index (Phi) is 2.81. The minimum absolute atomic E-state index is 0.0274. The molecule has 80 valence electrons. The largest absolute Gasteiger partial charge is 0.322 e. The van der Waals surface area contributed by atoms with Gasteiger partial charge in [-0.3, -0.25) is 9.59 Å². The van der Waals surface area contributed by atoms with E-state index in [9.17, 15) is 9.59 Å². The summed E-state index contributed by atoms with van der Waals surface area (Å²) in [6.07, 6.45) is 0. The first kappa shape index (κ1) is 11.4. The molecule has 4 nitrogen and oxygen atoms in total. The first-order chi connectivity index (χ1) is 6.48. The van der Waals surface area contributed by atoms with E-state index in [1.165, 1.54) is 21.6 Å². The molecule has 0 aliphatic carbocycles. The van der Waals surface area contributed by atoms with Crippen molar-refractivity contribution in [2.24, 2.45) is 0 Å². The van der Waals surface area contributed by atoms with Gasteiger partial charge >= 0.3 is 0 Å². The topological polar surface area (TPSA) is 40.6 Å². The maximum atomic E-state index is 11.6. The van der Waals surface area contributed by atoms with Crippen LogP contribution in [-0.2, 0) is 9.59 Å². The van der Waals surface area contributed by atoms with E-state index < -0.39 is 4.87 Å². The lowest BCUT2D eigenvalue weighted by molar-refractivity contribution is -0.152. The summed E-state index contributed by atoms with van der Waals surface area (Å²) in [7, 11) is 3.36. The molecule has 2 saturated heterocycles. The minimum Gasteiger partial charge on any atom is -0.322 e. The Labute approximate surface area is 88.6 Å². The zero-order valence-electron chi connectivity index (χ0n) is 9.20. The van der Waals surface area contributed by atoms with Gasteiger partial charge in [-0.1, -0.05) is 25.6 Å². The lowest BCUT2D eigenvalue weighted by atomic mass is 10.2. The van der Waals surface area contributed by atoms with Crippen LogP contribution in [-0.4, -0.2) is 46.0 Å². The number of fused-ring (bicyclic) bond motifs is 2. The zero-order valence-corrected chi connectivity index (χ0v) is 10.0. The van der Waals surface area contributed by atoms with Gasteiger partial charge in [-0.25, -0.2) is 0 Å².